The second-order valence-corrected chi connectivity index (χ2v) is 6.63. The first-order valence-corrected chi connectivity index (χ1v) is 8.57. The summed E-state index contributed by atoms with van der Waals surface area (Å²) in [7, 11) is 0. The first-order valence-electron chi connectivity index (χ1n) is 8.57. The van der Waals surface area contributed by atoms with Crippen LogP contribution in [0.1, 0.15) is 33.6 Å². The number of hydrogen-bond acceptors (Lipinski definition) is 3. The first kappa shape index (κ1) is 17.1. The van der Waals surface area contributed by atoms with Crippen LogP contribution in [0, 0.1) is 5.92 Å². The molecule has 2 heterocycles. The zero-order valence-corrected chi connectivity index (χ0v) is 14.2. The largest absolute Gasteiger partial charge is 0.340 e. The van der Waals surface area contributed by atoms with Crippen LogP contribution < -0.4 is 5.32 Å². The van der Waals surface area contributed by atoms with E-state index in [-0.39, 0.29) is 18.0 Å². The van der Waals surface area contributed by atoms with E-state index in [1.54, 1.807) is 0 Å². The molecule has 0 aromatic heterocycles. The summed E-state index contributed by atoms with van der Waals surface area (Å²) in [6.07, 6.45) is 1.58. The van der Waals surface area contributed by atoms with Crippen molar-refractivity contribution in [2.45, 2.75) is 39.7 Å². The topological polar surface area (TPSA) is 55.9 Å². The Morgan fingerprint density at radius 1 is 1.00 bits per heavy atom. The molecule has 0 spiro atoms. The van der Waals surface area contributed by atoms with Gasteiger partial charge in [-0.15, -0.1) is 0 Å². The Morgan fingerprint density at radius 2 is 1.59 bits per heavy atom. The molecule has 126 valence electrons. The molecule has 0 saturated carbocycles. The molecule has 2 rings (SSSR count). The van der Waals surface area contributed by atoms with Crippen molar-refractivity contribution >= 4 is 11.9 Å². The van der Waals surface area contributed by atoms with Gasteiger partial charge in [0.2, 0.25) is 5.91 Å². The minimum Gasteiger partial charge on any atom is -0.340 e. The van der Waals surface area contributed by atoms with Crippen molar-refractivity contribution in [1.82, 2.24) is 20.0 Å². The number of likely N-dealkylation sites (tertiary alicyclic amines) is 1. The fraction of sp³-hybridized carbons (Fsp3) is 0.875. The summed E-state index contributed by atoms with van der Waals surface area (Å²) in [6, 6.07) is 0.152. The molecule has 2 aliphatic heterocycles. The molecule has 0 aromatic rings. The van der Waals surface area contributed by atoms with Gasteiger partial charge >= 0.3 is 6.03 Å². The Hall–Kier alpha value is -1.30. The highest BCUT2D eigenvalue weighted by molar-refractivity contribution is 5.80. The van der Waals surface area contributed by atoms with Gasteiger partial charge in [-0.25, -0.2) is 4.79 Å². The Kier molecular flexibility index (Phi) is 6.06. The molecule has 0 atom stereocenters. The van der Waals surface area contributed by atoms with Gasteiger partial charge in [0.1, 0.15) is 0 Å². The van der Waals surface area contributed by atoms with Crippen LogP contribution >= 0.6 is 0 Å². The molecular weight excluding hydrogens is 280 g/mol. The maximum atomic E-state index is 12.6. The first-order chi connectivity index (χ1) is 10.5. The number of nitrogens with one attached hydrogen (secondary N) is 1. The number of carbonyl (C=O) groups is 2. The molecule has 0 unspecified atom stereocenters. The zero-order valence-electron chi connectivity index (χ0n) is 14.2. The molecule has 2 saturated heterocycles. The lowest BCUT2D eigenvalue weighted by molar-refractivity contribution is -0.138. The summed E-state index contributed by atoms with van der Waals surface area (Å²) in [5.74, 6) is 0.385. The van der Waals surface area contributed by atoms with E-state index in [2.05, 4.69) is 17.1 Å². The van der Waals surface area contributed by atoms with Gasteiger partial charge in [-0.3, -0.25) is 4.79 Å². The predicted octanol–water partition coefficient (Wildman–Crippen LogP) is 0.981. The molecule has 6 nitrogen and oxygen atoms in total. The lowest BCUT2D eigenvalue weighted by atomic mass is 9.95. The molecule has 2 aliphatic rings. The standard InChI is InChI=1S/C16H30N4O2/c1-4-18-9-11-19(12-10-18)15(21)14-5-7-20(8-6-14)16(22)17-13(2)3/h13-14H,4-12H2,1-3H3,(H,17,22). The van der Waals surface area contributed by atoms with Crippen LogP contribution in [0.25, 0.3) is 0 Å². The van der Waals surface area contributed by atoms with Crippen LogP contribution in [0.3, 0.4) is 0 Å². The van der Waals surface area contributed by atoms with E-state index < -0.39 is 0 Å². The van der Waals surface area contributed by atoms with E-state index in [4.69, 9.17) is 0 Å². The fourth-order valence-corrected chi connectivity index (χ4v) is 3.21. The summed E-state index contributed by atoms with van der Waals surface area (Å²) >= 11 is 0. The molecule has 0 aromatic carbocycles. The van der Waals surface area contributed by atoms with Crippen LogP contribution in [0.15, 0.2) is 0 Å². The van der Waals surface area contributed by atoms with E-state index in [0.29, 0.717) is 19.0 Å². The van der Waals surface area contributed by atoms with E-state index >= 15 is 0 Å². The minimum absolute atomic E-state index is 0.00235. The number of rotatable bonds is 3. The summed E-state index contributed by atoms with van der Waals surface area (Å²) in [5.41, 5.74) is 0. The number of carbonyl (C=O) groups excluding carboxylic acids is 2. The lowest BCUT2D eigenvalue weighted by Crippen LogP contribution is -2.52. The van der Waals surface area contributed by atoms with Crippen LogP contribution in [0.2, 0.25) is 0 Å². The van der Waals surface area contributed by atoms with Crippen molar-refractivity contribution in [2.24, 2.45) is 5.92 Å². The van der Waals surface area contributed by atoms with Crippen LogP contribution in [-0.2, 0) is 4.79 Å². The molecule has 0 radical (unpaired) electrons. The molecule has 6 heteroatoms. The highest BCUT2D eigenvalue weighted by atomic mass is 16.2. The molecule has 0 aliphatic carbocycles. The molecule has 3 amide bonds. The number of hydrogen-bond donors (Lipinski definition) is 1. The van der Waals surface area contributed by atoms with Gasteiger partial charge in [-0.1, -0.05) is 6.92 Å². The minimum atomic E-state index is -0.00235. The number of likely N-dealkylation sites (N-methyl/N-ethyl adjacent to an activating group) is 1. The van der Waals surface area contributed by atoms with Crippen molar-refractivity contribution in [2.75, 3.05) is 45.8 Å². The quantitative estimate of drug-likeness (QED) is 0.845. The van der Waals surface area contributed by atoms with Gasteiger partial charge in [0.05, 0.1) is 0 Å². The van der Waals surface area contributed by atoms with E-state index in [1.165, 1.54) is 0 Å². The maximum Gasteiger partial charge on any atom is 0.317 e. The SMILES string of the molecule is CCN1CCN(C(=O)C2CCN(C(=O)NC(C)C)CC2)CC1. The van der Waals surface area contributed by atoms with E-state index in [1.807, 2.05) is 23.6 Å². The summed E-state index contributed by atoms with van der Waals surface area (Å²) in [4.78, 5) is 30.8. The van der Waals surface area contributed by atoms with Crippen LogP contribution in [0.5, 0.6) is 0 Å². The molecule has 2 fully saturated rings. The Labute approximate surface area is 133 Å². The van der Waals surface area contributed by atoms with Gasteiger partial charge < -0.3 is 20.0 Å². The maximum absolute atomic E-state index is 12.6. The highest BCUT2D eigenvalue weighted by Crippen LogP contribution is 2.20. The molecule has 22 heavy (non-hydrogen) atoms. The van der Waals surface area contributed by atoms with Crippen molar-refractivity contribution in [1.29, 1.82) is 0 Å². The number of piperidine rings is 1. The smallest absolute Gasteiger partial charge is 0.317 e. The number of piperazine rings is 1. The van der Waals surface area contributed by atoms with Crippen molar-refractivity contribution < 1.29 is 9.59 Å². The van der Waals surface area contributed by atoms with Gasteiger partial charge in [0.15, 0.2) is 0 Å². The van der Waals surface area contributed by atoms with Gasteiger partial charge in [-0.2, -0.15) is 0 Å². The Balaban J connectivity index is 1.77. The second-order valence-electron chi connectivity index (χ2n) is 6.63. The Bertz CT molecular complexity index is 384. The number of nitrogens with zero attached hydrogens (tertiary/aromatic N) is 3. The third-order valence-electron chi connectivity index (χ3n) is 4.67. The molecule has 0 bridgehead atoms. The summed E-state index contributed by atoms with van der Waals surface area (Å²) in [5, 5.41) is 2.92. The average Bonchev–Trinajstić information content (AvgIpc) is 2.54. The third-order valence-corrected chi connectivity index (χ3v) is 4.67. The van der Waals surface area contributed by atoms with Crippen molar-refractivity contribution in [3.8, 4) is 0 Å². The van der Waals surface area contributed by atoms with E-state index in [9.17, 15) is 9.59 Å². The molecular formula is C16H30N4O2. The van der Waals surface area contributed by atoms with Crippen LogP contribution in [-0.4, -0.2) is 78.5 Å². The van der Waals surface area contributed by atoms with Gasteiger partial charge in [0.25, 0.3) is 0 Å². The third kappa shape index (κ3) is 4.35. The number of amides is 3. The zero-order chi connectivity index (χ0) is 16.1. The summed E-state index contributed by atoms with van der Waals surface area (Å²) in [6.45, 7) is 12.2. The molecule has 1 N–H and O–H groups in total. The van der Waals surface area contributed by atoms with Crippen LogP contribution in [0.4, 0.5) is 4.79 Å². The average molecular weight is 310 g/mol. The highest BCUT2D eigenvalue weighted by Gasteiger charge is 2.31. The lowest BCUT2D eigenvalue weighted by Gasteiger charge is -2.38. The van der Waals surface area contributed by atoms with Gasteiger partial charge in [-0.05, 0) is 33.2 Å². The fourth-order valence-electron chi connectivity index (χ4n) is 3.21. The second kappa shape index (κ2) is 7.81. The van der Waals surface area contributed by atoms with Crippen molar-refractivity contribution in [3.05, 3.63) is 0 Å². The Morgan fingerprint density at radius 3 is 2.09 bits per heavy atom. The monoisotopic (exact) mass is 310 g/mol. The summed E-state index contributed by atoms with van der Waals surface area (Å²) < 4.78 is 0. The predicted molar refractivity (Wildman–Crippen MR) is 86.7 cm³/mol. The normalized spacial score (nSPS) is 21.3. The van der Waals surface area contributed by atoms with E-state index in [0.717, 1.165) is 45.6 Å². The van der Waals surface area contributed by atoms with Crippen molar-refractivity contribution in [3.63, 3.8) is 0 Å². The van der Waals surface area contributed by atoms with Gasteiger partial charge in [0, 0.05) is 51.2 Å². The number of urea groups is 1.